The summed E-state index contributed by atoms with van der Waals surface area (Å²) >= 11 is 0. The summed E-state index contributed by atoms with van der Waals surface area (Å²) in [6.45, 7) is 5.06. The van der Waals surface area contributed by atoms with Gasteiger partial charge in [-0.3, -0.25) is 14.9 Å². The summed E-state index contributed by atoms with van der Waals surface area (Å²) in [6.07, 6.45) is 4.77. The van der Waals surface area contributed by atoms with Crippen molar-refractivity contribution in [3.05, 3.63) is 42.7 Å². The van der Waals surface area contributed by atoms with Gasteiger partial charge in [-0.1, -0.05) is 44.2 Å². The molecule has 1 aliphatic rings. The summed E-state index contributed by atoms with van der Waals surface area (Å²) in [5.41, 5.74) is 1.94. The Morgan fingerprint density at radius 2 is 1.65 bits per heavy atom. The van der Waals surface area contributed by atoms with Gasteiger partial charge in [0.25, 0.3) is 0 Å². The van der Waals surface area contributed by atoms with Crippen molar-refractivity contribution < 1.29 is 9.59 Å². The number of nitrogens with one attached hydrogen (secondary N) is 1. The molecule has 2 heterocycles. The zero-order valence-electron chi connectivity index (χ0n) is 15.2. The predicted octanol–water partition coefficient (Wildman–Crippen LogP) is 2.98. The number of aromatic nitrogens is 2. The van der Waals surface area contributed by atoms with Crippen LogP contribution in [0.15, 0.2) is 42.7 Å². The van der Waals surface area contributed by atoms with Crippen LogP contribution in [-0.4, -0.2) is 39.8 Å². The SMILES string of the molecule is CC(C)C(=O)N1CCC(C(=O)Nc2ncc(-c3ccccc3)cn2)CC1. The molecular weight excluding hydrogens is 328 g/mol. The van der Waals surface area contributed by atoms with Gasteiger partial charge in [0, 0.05) is 42.9 Å². The Morgan fingerprint density at radius 1 is 1.04 bits per heavy atom. The number of carbonyl (C=O) groups is 2. The van der Waals surface area contributed by atoms with E-state index in [9.17, 15) is 9.59 Å². The highest BCUT2D eigenvalue weighted by atomic mass is 16.2. The van der Waals surface area contributed by atoms with Gasteiger partial charge in [0.1, 0.15) is 0 Å². The molecule has 2 amide bonds. The number of likely N-dealkylation sites (tertiary alicyclic amines) is 1. The Kier molecular flexibility index (Phi) is 5.61. The average Bonchev–Trinajstić information content (AvgIpc) is 2.68. The first-order valence-corrected chi connectivity index (χ1v) is 9.01. The van der Waals surface area contributed by atoms with E-state index in [0.717, 1.165) is 11.1 Å². The molecule has 6 nitrogen and oxygen atoms in total. The Morgan fingerprint density at radius 3 is 2.23 bits per heavy atom. The largest absolute Gasteiger partial charge is 0.342 e. The minimum Gasteiger partial charge on any atom is -0.342 e. The zero-order chi connectivity index (χ0) is 18.5. The van der Waals surface area contributed by atoms with Crippen LogP contribution in [0.5, 0.6) is 0 Å². The first-order chi connectivity index (χ1) is 12.5. The number of hydrogen-bond donors (Lipinski definition) is 1. The van der Waals surface area contributed by atoms with E-state index >= 15 is 0 Å². The zero-order valence-corrected chi connectivity index (χ0v) is 15.2. The number of rotatable bonds is 4. The third kappa shape index (κ3) is 4.25. The Balaban J connectivity index is 1.55. The Labute approximate surface area is 153 Å². The van der Waals surface area contributed by atoms with Crippen molar-refractivity contribution in [3.63, 3.8) is 0 Å². The quantitative estimate of drug-likeness (QED) is 0.918. The summed E-state index contributed by atoms with van der Waals surface area (Å²) in [6, 6.07) is 9.86. The molecule has 0 bridgehead atoms. The van der Waals surface area contributed by atoms with E-state index < -0.39 is 0 Å². The van der Waals surface area contributed by atoms with Gasteiger partial charge in [-0.15, -0.1) is 0 Å². The molecule has 0 aliphatic carbocycles. The lowest BCUT2D eigenvalue weighted by Crippen LogP contribution is -2.43. The standard InChI is InChI=1S/C20H24N4O2/c1-14(2)19(26)24-10-8-16(9-11-24)18(25)23-20-21-12-17(13-22-20)15-6-4-3-5-7-15/h3-7,12-14,16H,8-11H2,1-2H3,(H,21,22,23,25). The number of anilines is 1. The van der Waals surface area contributed by atoms with E-state index in [1.54, 1.807) is 12.4 Å². The number of hydrogen-bond acceptors (Lipinski definition) is 4. The van der Waals surface area contributed by atoms with E-state index in [2.05, 4.69) is 15.3 Å². The molecule has 1 fully saturated rings. The molecule has 26 heavy (non-hydrogen) atoms. The van der Waals surface area contributed by atoms with Crippen molar-refractivity contribution in [2.24, 2.45) is 11.8 Å². The molecule has 1 aliphatic heterocycles. The number of benzene rings is 1. The molecule has 1 aromatic carbocycles. The Bertz CT molecular complexity index is 751. The third-order valence-electron chi connectivity index (χ3n) is 4.67. The lowest BCUT2D eigenvalue weighted by atomic mass is 9.95. The van der Waals surface area contributed by atoms with E-state index in [4.69, 9.17) is 0 Å². The molecule has 0 spiro atoms. The van der Waals surface area contributed by atoms with E-state index in [-0.39, 0.29) is 23.7 Å². The molecule has 1 aromatic heterocycles. The highest BCUT2D eigenvalue weighted by molar-refractivity contribution is 5.91. The van der Waals surface area contributed by atoms with Crippen LogP contribution in [0.2, 0.25) is 0 Å². The maximum absolute atomic E-state index is 12.4. The van der Waals surface area contributed by atoms with Gasteiger partial charge < -0.3 is 4.90 Å². The first-order valence-electron chi connectivity index (χ1n) is 9.01. The number of nitrogens with zero attached hydrogens (tertiary/aromatic N) is 3. The number of amides is 2. The van der Waals surface area contributed by atoms with Crippen molar-refractivity contribution in [3.8, 4) is 11.1 Å². The van der Waals surface area contributed by atoms with Crippen LogP contribution in [-0.2, 0) is 9.59 Å². The monoisotopic (exact) mass is 352 g/mol. The molecule has 0 radical (unpaired) electrons. The highest BCUT2D eigenvalue weighted by Crippen LogP contribution is 2.21. The second-order valence-corrected chi connectivity index (χ2v) is 6.90. The number of piperidine rings is 1. The van der Waals surface area contributed by atoms with E-state index in [1.165, 1.54) is 0 Å². The van der Waals surface area contributed by atoms with Gasteiger partial charge in [0.05, 0.1) is 0 Å². The lowest BCUT2D eigenvalue weighted by molar-refractivity contribution is -0.137. The Hall–Kier alpha value is -2.76. The molecule has 0 unspecified atom stereocenters. The molecule has 136 valence electrons. The van der Waals surface area contributed by atoms with Crippen LogP contribution in [0.4, 0.5) is 5.95 Å². The fourth-order valence-electron chi connectivity index (χ4n) is 3.11. The van der Waals surface area contributed by atoms with Crippen molar-refractivity contribution in [2.75, 3.05) is 18.4 Å². The summed E-state index contributed by atoms with van der Waals surface area (Å²) in [5.74, 6) is 0.286. The first kappa shape index (κ1) is 18.0. The van der Waals surface area contributed by atoms with Crippen molar-refractivity contribution >= 4 is 17.8 Å². The fourth-order valence-corrected chi connectivity index (χ4v) is 3.11. The van der Waals surface area contributed by atoms with Gasteiger partial charge in [0.2, 0.25) is 17.8 Å². The lowest BCUT2D eigenvalue weighted by Gasteiger charge is -2.32. The molecular formula is C20H24N4O2. The minimum atomic E-state index is -0.108. The van der Waals surface area contributed by atoms with Crippen LogP contribution >= 0.6 is 0 Å². The van der Waals surface area contributed by atoms with E-state index in [1.807, 2.05) is 49.1 Å². The van der Waals surface area contributed by atoms with E-state index in [0.29, 0.717) is 31.9 Å². The van der Waals surface area contributed by atoms with Crippen molar-refractivity contribution in [1.82, 2.24) is 14.9 Å². The molecule has 6 heteroatoms. The molecule has 1 saturated heterocycles. The second kappa shape index (κ2) is 8.08. The van der Waals surface area contributed by atoms with Crippen molar-refractivity contribution in [1.29, 1.82) is 0 Å². The molecule has 3 rings (SSSR count). The smallest absolute Gasteiger partial charge is 0.229 e. The summed E-state index contributed by atoms with van der Waals surface area (Å²) in [5, 5.41) is 2.79. The predicted molar refractivity (Wildman–Crippen MR) is 100 cm³/mol. The maximum atomic E-state index is 12.4. The second-order valence-electron chi connectivity index (χ2n) is 6.90. The van der Waals surface area contributed by atoms with Crippen molar-refractivity contribution in [2.45, 2.75) is 26.7 Å². The molecule has 1 N–H and O–H groups in total. The summed E-state index contributed by atoms with van der Waals surface area (Å²) in [4.78, 5) is 34.8. The normalized spacial score (nSPS) is 15.1. The van der Waals surface area contributed by atoms with Crippen LogP contribution < -0.4 is 5.32 Å². The maximum Gasteiger partial charge on any atom is 0.229 e. The molecule has 2 aromatic rings. The van der Waals surface area contributed by atoms with Gasteiger partial charge in [-0.25, -0.2) is 9.97 Å². The number of carbonyl (C=O) groups excluding carboxylic acids is 2. The minimum absolute atomic E-state index is 0.00287. The van der Waals surface area contributed by atoms with Gasteiger partial charge in [-0.05, 0) is 18.4 Å². The average molecular weight is 352 g/mol. The van der Waals surface area contributed by atoms with Crippen LogP contribution in [0.25, 0.3) is 11.1 Å². The van der Waals surface area contributed by atoms with Crippen LogP contribution in [0.1, 0.15) is 26.7 Å². The fraction of sp³-hybridized carbons (Fsp3) is 0.400. The summed E-state index contributed by atoms with van der Waals surface area (Å²) in [7, 11) is 0. The van der Waals surface area contributed by atoms with Gasteiger partial charge in [-0.2, -0.15) is 0 Å². The topological polar surface area (TPSA) is 75.2 Å². The van der Waals surface area contributed by atoms with Gasteiger partial charge >= 0.3 is 0 Å². The van der Waals surface area contributed by atoms with Crippen LogP contribution in [0.3, 0.4) is 0 Å². The molecule has 0 atom stereocenters. The molecule has 0 saturated carbocycles. The van der Waals surface area contributed by atoms with Crippen LogP contribution in [0, 0.1) is 11.8 Å². The third-order valence-corrected chi connectivity index (χ3v) is 4.67. The highest BCUT2D eigenvalue weighted by Gasteiger charge is 2.28. The van der Waals surface area contributed by atoms with Gasteiger partial charge in [0.15, 0.2) is 0 Å². The summed E-state index contributed by atoms with van der Waals surface area (Å²) < 4.78 is 0.